The number of hydrogen-bond acceptors (Lipinski definition) is 3. The fraction of sp³-hybridized carbons (Fsp3) is 0.526. The summed E-state index contributed by atoms with van der Waals surface area (Å²) in [5.74, 6) is 0.465. The second-order valence-corrected chi connectivity index (χ2v) is 8.07. The van der Waals surface area contributed by atoms with Gasteiger partial charge in [-0.15, -0.1) is 0 Å². The molecule has 1 aromatic carbocycles. The van der Waals surface area contributed by atoms with E-state index in [-0.39, 0.29) is 34.2 Å². The molecular formula is C19H23N3O2. The van der Waals surface area contributed by atoms with Crippen molar-refractivity contribution >= 4 is 16.8 Å². The maximum atomic E-state index is 12.7. The van der Waals surface area contributed by atoms with Crippen LogP contribution in [0.2, 0.25) is 0 Å². The Morgan fingerprint density at radius 1 is 1.29 bits per heavy atom. The highest BCUT2D eigenvalue weighted by Crippen LogP contribution is 2.65. The summed E-state index contributed by atoms with van der Waals surface area (Å²) in [7, 11) is 0. The molecule has 0 unspecified atom stereocenters. The van der Waals surface area contributed by atoms with Gasteiger partial charge in [-0.3, -0.25) is 9.59 Å². The van der Waals surface area contributed by atoms with Crippen LogP contribution in [0.5, 0.6) is 0 Å². The van der Waals surface area contributed by atoms with E-state index in [9.17, 15) is 9.59 Å². The summed E-state index contributed by atoms with van der Waals surface area (Å²) < 4.78 is 0. The Balaban J connectivity index is 1.63. The predicted molar refractivity (Wildman–Crippen MR) is 92.8 cm³/mol. The number of H-pyrrole nitrogens is 1. The first-order chi connectivity index (χ1) is 11.3. The molecule has 0 saturated heterocycles. The van der Waals surface area contributed by atoms with Crippen molar-refractivity contribution in [3.05, 3.63) is 40.4 Å². The molecule has 0 spiro atoms. The number of carbonyl (C=O) groups is 1. The summed E-state index contributed by atoms with van der Waals surface area (Å²) in [6.07, 6.45) is 3.38. The van der Waals surface area contributed by atoms with Crippen molar-refractivity contribution < 1.29 is 4.79 Å². The molecule has 4 rings (SSSR count). The van der Waals surface area contributed by atoms with E-state index < -0.39 is 0 Å². The van der Waals surface area contributed by atoms with E-state index in [0.29, 0.717) is 16.8 Å². The van der Waals surface area contributed by atoms with E-state index in [2.05, 4.69) is 36.1 Å². The van der Waals surface area contributed by atoms with Gasteiger partial charge < -0.3 is 10.3 Å². The lowest BCUT2D eigenvalue weighted by Gasteiger charge is -2.39. The largest absolute Gasteiger partial charge is 0.346 e. The van der Waals surface area contributed by atoms with E-state index in [1.165, 1.54) is 6.42 Å². The summed E-state index contributed by atoms with van der Waals surface area (Å²) in [5, 5.41) is 3.64. The van der Waals surface area contributed by atoms with E-state index in [4.69, 9.17) is 0 Å². The van der Waals surface area contributed by atoms with Crippen molar-refractivity contribution in [2.24, 2.45) is 16.7 Å². The molecular weight excluding hydrogens is 302 g/mol. The highest BCUT2D eigenvalue weighted by molar-refractivity contribution is 5.92. The third-order valence-electron chi connectivity index (χ3n) is 6.93. The Morgan fingerprint density at radius 2 is 2.04 bits per heavy atom. The van der Waals surface area contributed by atoms with Crippen LogP contribution in [-0.2, 0) is 0 Å². The molecule has 3 atom stereocenters. The molecule has 5 heteroatoms. The van der Waals surface area contributed by atoms with Crippen molar-refractivity contribution in [1.29, 1.82) is 0 Å². The molecule has 5 nitrogen and oxygen atoms in total. The van der Waals surface area contributed by atoms with Gasteiger partial charge in [0.1, 0.15) is 0 Å². The van der Waals surface area contributed by atoms with Crippen LogP contribution < -0.4 is 10.9 Å². The van der Waals surface area contributed by atoms with Gasteiger partial charge in [-0.25, -0.2) is 4.98 Å². The number of rotatable bonds is 2. The maximum Gasteiger partial charge on any atom is 0.287 e. The lowest BCUT2D eigenvalue weighted by atomic mass is 9.69. The minimum absolute atomic E-state index is 0.0999. The lowest BCUT2D eigenvalue weighted by Crippen LogP contribution is -2.47. The molecule has 1 amide bonds. The highest BCUT2D eigenvalue weighted by Gasteiger charge is 2.61. The first-order valence-corrected chi connectivity index (χ1v) is 8.63. The van der Waals surface area contributed by atoms with Crippen LogP contribution in [-0.4, -0.2) is 21.9 Å². The van der Waals surface area contributed by atoms with Gasteiger partial charge in [0, 0.05) is 6.04 Å². The zero-order valence-electron chi connectivity index (χ0n) is 14.3. The third-order valence-corrected chi connectivity index (χ3v) is 6.93. The average molecular weight is 325 g/mol. The van der Waals surface area contributed by atoms with Crippen LogP contribution in [0.1, 0.15) is 50.7 Å². The van der Waals surface area contributed by atoms with Crippen LogP contribution in [0.15, 0.2) is 29.1 Å². The molecule has 2 aromatic rings. The van der Waals surface area contributed by atoms with Gasteiger partial charge in [-0.2, -0.15) is 0 Å². The Kier molecular flexibility index (Phi) is 3.15. The number of nitrogens with one attached hydrogen (secondary N) is 2. The van der Waals surface area contributed by atoms with Gasteiger partial charge in [-0.1, -0.05) is 32.9 Å². The van der Waals surface area contributed by atoms with Crippen molar-refractivity contribution in [2.75, 3.05) is 0 Å². The number of carbonyl (C=O) groups excluding carboxylic acids is 1. The normalized spacial score (nSPS) is 30.6. The molecule has 1 heterocycles. The first kappa shape index (κ1) is 15.4. The second-order valence-electron chi connectivity index (χ2n) is 8.07. The van der Waals surface area contributed by atoms with Crippen LogP contribution >= 0.6 is 0 Å². The highest BCUT2D eigenvalue weighted by atomic mass is 16.2. The van der Waals surface area contributed by atoms with E-state index in [1.54, 1.807) is 18.2 Å². The lowest BCUT2D eigenvalue weighted by molar-refractivity contribution is 0.0816. The third kappa shape index (κ3) is 1.96. The topological polar surface area (TPSA) is 74.8 Å². The predicted octanol–water partition coefficient (Wildman–Crippen LogP) is 2.87. The number of benzene rings is 1. The Labute approximate surface area is 140 Å². The van der Waals surface area contributed by atoms with Gasteiger partial charge >= 0.3 is 0 Å². The summed E-state index contributed by atoms with van der Waals surface area (Å²) in [5.41, 5.74) is 0.607. The summed E-state index contributed by atoms with van der Waals surface area (Å²) >= 11 is 0. The number of nitrogens with zero attached hydrogens (tertiary/aromatic N) is 1. The Morgan fingerprint density at radius 3 is 2.71 bits per heavy atom. The SMILES string of the molecule is CC1(C)[C@H]2CC[C@@]1(C)[C@H](NC(=O)c1nc3ccccc3c(=O)[nH]1)C2. The first-order valence-electron chi connectivity index (χ1n) is 8.63. The number of aromatic nitrogens is 2. The molecule has 126 valence electrons. The quantitative estimate of drug-likeness (QED) is 0.891. The van der Waals surface area contributed by atoms with Crippen LogP contribution in [0.25, 0.3) is 10.9 Å². The summed E-state index contributed by atoms with van der Waals surface area (Å²) in [4.78, 5) is 31.8. The molecule has 1 aromatic heterocycles. The monoisotopic (exact) mass is 325 g/mol. The van der Waals surface area contributed by atoms with Crippen molar-refractivity contribution in [3.63, 3.8) is 0 Å². The number of amides is 1. The Bertz CT molecular complexity index is 886. The van der Waals surface area contributed by atoms with E-state index in [1.807, 2.05) is 6.07 Å². The maximum absolute atomic E-state index is 12.7. The van der Waals surface area contributed by atoms with Crippen molar-refractivity contribution in [2.45, 2.75) is 46.1 Å². The molecule has 2 aliphatic rings. The van der Waals surface area contributed by atoms with Crippen molar-refractivity contribution in [3.8, 4) is 0 Å². The number of fused-ring (bicyclic) bond motifs is 3. The second kappa shape index (κ2) is 4.91. The van der Waals surface area contributed by atoms with Gasteiger partial charge in [0.2, 0.25) is 0 Å². The zero-order valence-corrected chi connectivity index (χ0v) is 14.3. The fourth-order valence-corrected chi connectivity index (χ4v) is 4.84. The molecule has 2 fully saturated rings. The minimum atomic E-state index is -0.285. The van der Waals surface area contributed by atoms with Crippen LogP contribution in [0.4, 0.5) is 0 Å². The standard InChI is InChI=1S/C19H23N3O2/c1-18(2)11-8-9-19(18,3)14(10-11)21-17(24)15-20-13-7-5-4-6-12(13)16(23)22-15/h4-7,11,14H,8-10H2,1-3H3,(H,21,24)(H,20,22,23)/t11-,14+,19-/m0/s1. The zero-order chi connectivity index (χ0) is 17.1. The van der Waals surface area contributed by atoms with E-state index >= 15 is 0 Å². The van der Waals surface area contributed by atoms with E-state index in [0.717, 1.165) is 12.8 Å². The average Bonchev–Trinajstić information content (AvgIpc) is 2.88. The molecule has 2 bridgehead atoms. The van der Waals surface area contributed by atoms with Gasteiger partial charge in [0.15, 0.2) is 5.82 Å². The van der Waals surface area contributed by atoms with Gasteiger partial charge in [-0.05, 0) is 48.1 Å². The minimum Gasteiger partial charge on any atom is -0.346 e. The smallest absolute Gasteiger partial charge is 0.287 e. The summed E-state index contributed by atoms with van der Waals surface area (Å²) in [6, 6.07) is 7.20. The van der Waals surface area contributed by atoms with Crippen molar-refractivity contribution in [1.82, 2.24) is 15.3 Å². The van der Waals surface area contributed by atoms with Crippen LogP contribution in [0.3, 0.4) is 0 Å². The number of para-hydroxylation sites is 1. The summed E-state index contributed by atoms with van der Waals surface area (Å²) in [6.45, 7) is 6.90. The van der Waals surface area contributed by atoms with Crippen LogP contribution in [0, 0.1) is 16.7 Å². The fourth-order valence-electron chi connectivity index (χ4n) is 4.84. The van der Waals surface area contributed by atoms with Gasteiger partial charge in [0.25, 0.3) is 11.5 Å². The molecule has 2 aliphatic carbocycles. The number of hydrogen-bond donors (Lipinski definition) is 2. The number of aromatic amines is 1. The molecule has 2 N–H and O–H groups in total. The van der Waals surface area contributed by atoms with Gasteiger partial charge in [0.05, 0.1) is 10.9 Å². The molecule has 0 aliphatic heterocycles. The Hall–Kier alpha value is -2.17. The molecule has 2 saturated carbocycles. The molecule has 0 radical (unpaired) electrons. The molecule has 24 heavy (non-hydrogen) atoms.